The van der Waals surface area contributed by atoms with Crippen molar-refractivity contribution in [1.82, 2.24) is 0 Å². The summed E-state index contributed by atoms with van der Waals surface area (Å²) in [6, 6.07) is 17.0. The van der Waals surface area contributed by atoms with Crippen molar-refractivity contribution in [2.45, 2.75) is 122 Å². The fraction of sp³-hybridized carbons (Fsp3) is 0.490. The lowest BCUT2D eigenvalue weighted by atomic mass is 9.70. The molecule has 0 radical (unpaired) electrons. The van der Waals surface area contributed by atoms with Crippen molar-refractivity contribution < 1.29 is 47.9 Å². The highest BCUT2D eigenvalue weighted by Crippen LogP contribution is 2.48. The molecule has 10 heteroatoms. The highest BCUT2D eigenvalue weighted by atomic mass is 16.7. The molecule has 12 atom stereocenters. The van der Waals surface area contributed by atoms with Crippen LogP contribution in [0.1, 0.15) is 84.5 Å². The van der Waals surface area contributed by atoms with Crippen molar-refractivity contribution in [2.24, 2.45) is 23.7 Å². The number of fused-ring (bicyclic) bond motifs is 2. The van der Waals surface area contributed by atoms with E-state index in [-0.39, 0.29) is 36.9 Å². The van der Waals surface area contributed by atoms with Gasteiger partial charge in [-0.15, -0.1) is 0 Å². The number of carbonyl (C=O) groups is 3. The molecule has 2 fully saturated rings. The standard InChI is InChI=1S/C49H58O10/c1-8-29(2)43-32(5)23-24-48(59-43)27-40-26-39(58-48)22-17-31(4)42(55-34(7)50)30(3)13-12-16-38-28-54-45-44(33(6)25-41(47(52)56-40)49(38,45)53)57-46(51)37-20-18-36(19-21-37)35-14-10-9-11-15-35/h9-21,23-25,29-30,32,39-45,53H,8,22,26-28H2,1-7H3/b13-12+,31-17+,38-16+/t29-,30-,32-,39+,40-,41-,42-,43+,44+,45+,48+,49+/m0/s1. The molecule has 7 rings (SSSR count). The van der Waals surface area contributed by atoms with E-state index in [9.17, 15) is 19.5 Å². The van der Waals surface area contributed by atoms with E-state index >= 15 is 0 Å². The number of esters is 3. The second-order valence-electron chi connectivity index (χ2n) is 17.1. The van der Waals surface area contributed by atoms with Gasteiger partial charge in [0.1, 0.15) is 29.8 Å². The zero-order chi connectivity index (χ0) is 42.1. The monoisotopic (exact) mass is 806 g/mol. The van der Waals surface area contributed by atoms with Gasteiger partial charge in [0, 0.05) is 31.6 Å². The molecule has 2 aromatic carbocycles. The molecule has 59 heavy (non-hydrogen) atoms. The molecule has 4 heterocycles. The number of ether oxygens (including phenoxy) is 6. The van der Waals surface area contributed by atoms with Gasteiger partial charge >= 0.3 is 17.9 Å². The third kappa shape index (κ3) is 8.83. The first-order valence-electron chi connectivity index (χ1n) is 21.1. The third-order valence-corrected chi connectivity index (χ3v) is 12.7. The number of carbonyl (C=O) groups excluding carboxylic acids is 3. The second-order valence-corrected chi connectivity index (χ2v) is 17.1. The maximum Gasteiger partial charge on any atom is 0.338 e. The van der Waals surface area contributed by atoms with Gasteiger partial charge in [-0.25, -0.2) is 4.79 Å². The van der Waals surface area contributed by atoms with Gasteiger partial charge in [-0.1, -0.05) is 113 Å². The van der Waals surface area contributed by atoms with Gasteiger partial charge in [0.2, 0.25) is 0 Å². The molecule has 0 unspecified atom stereocenters. The number of rotatable bonds is 6. The zero-order valence-electron chi connectivity index (χ0n) is 35.2. The maximum atomic E-state index is 14.6. The van der Waals surface area contributed by atoms with Crippen molar-refractivity contribution in [3.05, 3.63) is 119 Å². The number of allylic oxidation sites excluding steroid dienone is 2. The zero-order valence-corrected chi connectivity index (χ0v) is 35.2. The van der Waals surface area contributed by atoms with E-state index < -0.39 is 65.7 Å². The molecule has 2 aromatic rings. The summed E-state index contributed by atoms with van der Waals surface area (Å²) < 4.78 is 38.3. The molecule has 0 saturated carbocycles. The summed E-state index contributed by atoms with van der Waals surface area (Å²) in [6.45, 7) is 13.5. The Labute approximate surface area is 347 Å². The maximum absolute atomic E-state index is 14.6. The first kappa shape index (κ1) is 42.5. The Bertz CT molecular complexity index is 2030. The van der Waals surface area contributed by atoms with Crippen LogP contribution < -0.4 is 0 Å². The van der Waals surface area contributed by atoms with Crippen molar-refractivity contribution >= 4 is 17.9 Å². The van der Waals surface area contributed by atoms with E-state index in [4.69, 9.17) is 28.4 Å². The van der Waals surface area contributed by atoms with Gasteiger partial charge in [-0.05, 0) is 72.2 Å². The molecule has 1 spiro atoms. The predicted molar refractivity (Wildman–Crippen MR) is 223 cm³/mol. The summed E-state index contributed by atoms with van der Waals surface area (Å²) in [7, 11) is 0. The summed E-state index contributed by atoms with van der Waals surface area (Å²) in [5.74, 6) is -3.74. The summed E-state index contributed by atoms with van der Waals surface area (Å²) >= 11 is 0. The quantitative estimate of drug-likeness (QED) is 0.173. The fourth-order valence-corrected chi connectivity index (χ4v) is 9.27. The molecular formula is C49H58O10. The largest absolute Gasteiger partial charge is 0.462 e. The Morgan fingerprint density at radius 1 is 0.915 bits per heavy atom. The van der Waals surface area contributed by atoms with E-state index in [1.54, 1.807) is 37.3 Å². The lowest BCUT2D eigenvalue weighted by molar-refractivity contribution is -0.300. The molecule has 314 valence electrons. The molecule has 5 aliphatic rings. The average molecular weight is 807 g/mol. The number of hydrogen-bond acceptors (Lipinski definition) is 10. The van der Waals surface area contributed by atoms with Crippen LogP contribution in [0.3, 0.4) is 0 Å². The van der Waals surface area contributed by atoms with Gasteiger partial charge in [0.05, 0.1) is 24.4 Å². The van der Waals surface area contributed by atoms with E-state index in [0.717, 1.165) is 23.1 Å². The second kappa shape index (κ2) is 17.5. The summed E-state index contributed by atoms with van der Waals surface area (Å²) in [4.78, 5) is 40.7. The van der Waals surface area contributed by atoms with Crippen LogP contribution >= 0.6 is 0 Å². The third-order valence-electron chi connectivity index (χ3n) is 12.7. The van der Waals surface area contributed by atoms with E-state index in [0.29, 0.717) is 29.6 Å². The normalized spacial score (nSPS) is 37.4. The Kier molecular flexibility index (Phi) is 12.6. The first-order valence-corrected chi connectivity index (χ1v) is 21.1. The fourth-order valence-electron chi connectivity index (χ4n) is 9.27. The highest BCUT2D eigenvalue weighted by Gasteiger charge is 2.61. The van der Waals surface area contributed by atoms with Crippen LogP contribution in [0.15, 0.2) is 114 Å². The van der Waals surface area contributed by atoms with Gasteiger partial charge < -0.3 is 33.5 Å². The van der Waals surface area contributed by atoms with E-state index in [2.05, 4.69) is 26.8 Å². The average Bonchev–Trinajstić information content (AvgIpc) is 3.56. The van der Waals surface area contributed by atoms with Gasteiger partial charge in [-0.3, -0.25) is 9.59 Å². The molecule has 2 bridgehead atoms. The molecule has 2 saturated heterocycles. The number of hydrogen-bond donors (Lipinski definition) is 1. The minimum Gasteiger partial charge on any atom is -0.462 e. The smallest absolute Gasteiger partial charge is 0.338 e. The lowest BCUT2D eigenvalue weighted by Crippen LogP contribution is -2.59. The number of aliphatic hydroxyl groups is 1. The summed E-state index contributed by atoms with van der Waals surface area (Å²) in [6.07, 6.45) is 11.4. The summed E-state index contributed by atoms with van der Waals surface area (Å²) in [5, 5.41) is 12.9. The van der Waals surface area contributed by atoms with Crippen LogP contribution in [0.5, 0.6) is 0 Å². The molecule has 0 aromatic heterocycles. The molecule has 0 amide bonds. The van der Waals surface area contributed by atoms with Crippen LogP contribution in [0.4, 0.5) is 0 Å². The Hall–Kier alpha value is -4.61. The van der Waals surface area contributed by atoms with Crippen molar-refractivity contribution in [3.8, 4) is 11.1 Å². The molecule has 4 aliphatic heterocycles. The van der Waals surface area contributed by atoms with Crippen LogP contribution in [-0.2, 0) is 38.0 Å². The van der Waals surface area contributed by atoms with Crippen LogP contribution in [-0.4, -0.2) is 77.6 Å². The Morgan fingerprint density at radius 2 is 1.64 bits per heavy atom. The molecule has 10 nitrogen and oxygen atoms in total. The highest BCUT2D eigenvalue weighted by molar-refractivity contribution is 5.90. The molecule has 1 N–H and O–H groups in total. The Morgan fingerprint density at radius 3 is 2.36 bits per heavy atom. The predicted octanol–water partition coefficient (Wildman–Crippen LogP) is 8.41. The minimum atomic E-state index is -1.92. The van der Waals surface area contributed by atoms with E-state index in [1.165, 1.54) is 6.92 Å². The van der Waals surface area contributed by atoms with Crippen molar-refractivity contribution in [3.63, 3.8) is 0 Å². The Balaban J connectivity index is 1.24. The van der Waals surface area contributed by atoms with Crippen LogP contribution in [0.25, 0.3) is 11.1 Å². The lowest BCUT2D eigenvalue weighted by Gasteiger charge is -2.48. The molecule has 1 aliphatic carbocycles. The summed E-state index contributed by atoms with van der Waals surface area (Å²) in [5.41, 5.74) is 2.24. The van der Waals surface area contributed by atoms with E-state index in [1.807, 2.05) is 74.5 Å². The van der Waals surface area contributed by atoms with Gasteiger partial charge in [0.15, 0.2) is 11.9 Å². The van der Waals surface area contributed by atoms with Gasteiger partial charge in [0.25, 0.3) is 0 Å². The van der Waals surface area contributed by atoms with Crippen LogP contribution in [0.2, 0.25) is 0 Å². The first-order chi connectivity index (χ1) is 28.2. The number of benzene rings is 2. The topological polar surface area (TPSA) is 127 Å². The van der Waals surface area contributed by atoms with Crippen LogP contribution in [0, 0.1) is 23.7 Å². The van der Waals surface area contributed by atoms with Crippen molar-refractivity contribution in [1.29, 1.82) is 0 Å². The van der Waals surface area contributed by atoms with Crippen molar-refractivity contribution in [2.75, 3.05) is 6.61 Å². The van der Waals surface area contributed by atoms with Gasteiger partial charge in [-0.2, -0.15) is 0 Å². The SMILES string of the molecule is CC[C@H](C)[C@H]1O[C@]2(C=C[C@@H]1C)C[C@@H]1C[C@@H](C/C=C(\C)[C@@H](OC(C)=O)[C@@H](C)/C=C/C=C3\CO[C@@H]4[C@H](OC(=O)c5ccc(-c6ccccc6)cc5)C(C)=C[C@@H](C(=O)O1)[C@]34O)O2. The minimum absolute atomic E-state index is 0.0206. The molecular weight excluding hydrogens is 749 g/mol.